The molecule has 5 aromatic rings. The Morgan fingerprint density at radius 3 is 2.77 bits per heavy atom. The number of aromatic nitrogens is 3. The second kappa shape index (κ2) is 11.0. The lowest BCUT2D eigenvalue weighted by molar-refractivity contribution is 0.0322. The van der Waals surface area contributed by atoms with E-state index in [1.165, 1.54) is 17.4 Å². The van der Waals surface area contributed by atoms with Crippen molar-refractivity contribution in [2.75, 3.05) is 49.9 Å². The van der Waals surface area contributed by atoms with Crippen molar-refractivity contribution in [2.45, 2.75) is 19.7 Å². The number of fused-ring (bicyclic) bond motifs is 3. The van der Waals surface area contributed by atoms with Gasteiger partial charge >= 0.3 is 6.03 Å². The summed E-state index contributed by atoms with van der Waals surface area (Å²) in [5.41, 5.74) is 2.92. The Labute approximate surface area is 242 Å². The summed E-state index contributed by atoms with van der Waals surface area (Å²) in [6, 6.07) is 13.4. The largest absolute Gasteiger partial charge is 0.492 e. The van der Waals surface area contributed by atoms with Gasteiger partial charge in [-0.15, -0.1) is 0 Å². The van der Waals surface area contributed by atoms with E-state index in [4.69, 9.17) is 26.6 Å². The van der Waals surface area contributed by atoms with Gasteiger partial charge in [0.15, 0.2) is 10.8 Å². The third kappa shape index (κ3) is 5.75. The Morgan fingerprint density at radius 1 is 1.18 bits per heavy atom. The third-order valence-corrected chi connectivity index (χ3v) is 6.81. The molecule has 10 nitrogen and oxygen atoms in total. The van der Waals surface area contributed by atoms with E-state index >= 15 is 0 Å². The van der Waals surface area contributed by atoms with Crippen LogP contribution in [-0.4, -0.2) is 64.7 Å². The van der Waals surface area contributed by atoms with Gasteiger partial charge in [-0.2, -0.15) is 0 Å². The smallest absolute Gasteiger partial charge is 0.324 e. The number of urea groups is 1. The van der Waals surface area contributed by atoms with E-state index in [2.05, 4.69) is 20.5 Å². The summed E-state index contributed by atoms with van der Waals surface area (Å²) in [6.07, 6.45) is 1.88. The lowest BCUT2D eigenvalue weighted by atomic mass is 10.1. The van der Waals surface area contributed by atoms with Crippen molar-refractivity contribution in [1.29, 1.82) is 0 Å². The van der Waals surface area contributed by atoms with E-state index in [1.807, 2.05) is 28.8 Å². The average molecular weight is 556 g/mol. The number of carbonyl (C=O) groups is 1. The summed E-state index contributed by atoms with van der Waals surface area (Å²) in [4.78, 5) is 18.3. The predicted molar refractivity (Wildman–Crippen MR) is 152 cm³/mol. The Bertz CT molecular complexity index is 1960. The molecule has 1 saturated heterocycles. The van der Waals surface area contributed by atoms with Crippen molar-refractivity contribution in [2.24, 2.45) is 0 Å². The van der Waals surface area contributed by atoms with Crippen LogP contribution in [0.5, 0.6) is 5.75 Å². The Balaban J connectivity index is 1.10. The molecular weight excluding hydrogens is 516 g/mol. The number of anilines is 2. The van der Waals surface area contributed by atoms with Crippen molar-refractivity contribution in [1.82, 2.24) is 19.4 Å². The number of ether oxygens (including phenoxy) is 2. The first-order chi connectivity index (χ1) is 22.3. The molecule has 0 bridgehead atoms. The zero-order chi connectivity index (χ0) is 34.9. The van der Waals surface area contributed by atoms with Gasteiger partial charge in [-0.3, -0.25) is 14.6 Å². The van der Waals surface area contributed by atoms with Crippen LogP contribution in [0.15, 0.2) is 59.3 Å². The minimum atomic E-state index is -3.11. The first-order valence-corrected chi connectivity index (χ1v) is 12.8. The van der Waals surface area contributed by atoms with E-state index in [-0.39, 0.29) is 12.4 Å². The molecule has 1 aliphatic rings. The van der Waals surface area contributed by atoms with E-state index < -0.39 is 44.6 Å². The fourth-order valence-corrected chi connectivity index (χ4v) is 4.90. The minimum absolute atomic E-state index is 0.196. The normalized spacial score (nSPS) is 23.2. The van der Waals surface area contributed by atoms with Crippen LogP contribution < -0.4 is 15.4 Å². The summed E-state index contributed by atoms with van der Waals surface area (Å²) in [7, 11) is 0. The highest BCUT2D eigenvalue weighted by Gasteiger charge is 2.14. The van der Waals surface area contributed by atoms with Gasteiger partial charge in [0.2, 0.25) is 0 Å². The molecule has 1 aliphatic heterocycles. The molecule has 2 N–H and O–H groups in total. The molecule has 0 atom stereocenters. The van der Waals surface area contributed by atoms with Crippen molar-refractivity contribution in [3.05, 3.63) is 60.5 Å². The highest BCUT2D eigenvalue weighted by atomic mass is 32.1. The van der Waals surface area contributed by atoms with Gasteiger partial charge in [-0.25, -0.2) is 9.78 Å². The quantitative estimate of drug-likeness (QED) is 0.254. The Hall–Kier alpha value is -3.93. The predicted octanol–water partition coefficient (Wildman–Crippen LogP) is 5.68. The number of rotatable bonds is 8. The maximum atomic E-state index is 12.4. The van der Waals surface area contributed by atoms with E-state index in [1.54, 1.807) is 38.1 Å². The molecule has 0 aliphatic carbocycles. The molecule has 0 spiro atoms. The monoisotopic (exact) mass is 555 g/mol. The molecule has 0 radical (unpaired) electrons. The number of nitrogens with zero attached hydrogens (tertiary/aromatic N) is 4. The van der Waals surface area contributed by atoms with Gasteiger partial charge in [0.05, 0.1) is 34.5 Å². The van der Waals surface area contributed by atoms with E-state index in [0.717, 1.165) is 15.8 Å². The van der Waals surface area contributed by atoms with Crippen LogP contribution in [0.25, 0.3) is 26.4 Å². The van der Waals surface area contributed by atoms with Gasteiger partial charge in [0.25, 0.3) is 0 Å². The van der Waals surface area contributed by atoms with Crippen LogP contribution in [0.4, 0.5) is 16.3 Å². The minimum Gasteiger partial charge on any atom is -0.492 e. The van der Waals surface area contributed by atoms with Crippen molar-refractivity contribution in [3.63, 3.8) is 0 Å². The number of hydrogen-bond donors (Lipinski definition) is 2. The summed E-state index contributed by atoms with van der Waals surface area (Å²) in [6.45, 7) is -9.55. The van der Waals surface area contributed by atoms with Crippen LogP contribution in [0.1, 0.15) is 37.8 Å². The number of morpholine rings is 1. The molecule has 1 fully saturated rings. The van der Waals surface area contributed by atoms with Crippen LogP contribution in [0.2, 0.25) is 0 Å². The first-order valence-electron chi connectivity index (χ1n) is 16.5. The highest BCUT2D eigenvalue weighted by molar-refractivity contribution is 7.23. The lowest BCUT2D eigenvalue weighted by Gasteiger charge is -2.26. The van der Waals surface area contributed by atoms with Gasteiger partial charge in [0, 0.05) is 55.8 Å². The topological polar surface area (TPSA) is 106 Å². The SMILES string of the molecule is [2H]C(C)(C)c1cc(NC(=O)Nc2ccc(-c3cn4c(n3)sc3cc(OCCN5C([2H])([2H])C([2H])([2H])OC([2H])([2H])C5([2H])[2H])ccc34)cc2)no1. The molecule has 2 aromatic carbocycles. The number of nitrogens with one attached hydrogen (secondary N) is 2. The average Bonchev–Trinajstić information content (AvgIpc) is 3.69. The second-order valence-electron chi connectivity index (χ2n) is 8.77. The van der Waals surface area contributed by atoms with Gasteiger partial charge < -0.3 is 19.3 Å². The standard InChI is InChI=1S/C28H30N6O4S/c1-18(2)24-16-26(32-38-24)31-27(35)29-20-5-3-19(4-6-20)22-17-34-23-8-7-21(15-25(23)39-28(34)30-22)37-14-11-33-9-12-36-13-10-33/h3-8,15-18H,9-14H2,1-2H3,(H2,29,31,32,35)/i9D2,10D2,12D2,13D2,18D. The summed E-state index contributed by atoms with van der Waals surface area (Å²) in [5.74, 6) is -0.0604. The van der Waals surface area contributed by atoms with Crippen molar-refractivity contribution < 1.29 is 31.1 Å². The van der Waals surface area contributed by atoms with Crippen molar-refractivity contribution >= 4 is 44.1 Å². The van der Waals surface area contributed by atoms with E-state index in [9.17, 15) is 4.79 Å². The Kier molecular flexibility index (Phi) is 4.79. The summed E-state index contributed by atoms with van der Waals surface area (Å²) in [5, 5.41) is 9.07. The van der Waals surface area contributed by atoms with Gasteiger partial charge in [-0.05, 0) is 30.3 Å². The van der Waals surface area contributed by atoms with Crippen LogP contribution in [0.3, 0.4) is 0 Å². The second-order valence-corrected chi connectivity index (χ2v) is 9.78. The number of thiazole rings is 1. The molecule has 0 unspecified atom stereocenters. The van der Waals surface area contributed by atoms with Crippen LogP contribution in [0, 0.1) is 0 Å². The molecule has 2 amide bonds. The molecule has 39 heavy (non-hydrogen) atoms. The zero-order valence-corrected chi connectivity index (χ0v) is 21.8. The number of hydrogen-bond acceptors (Lipinski definition) is 8. The number of amides is 2. The van der Waals surface area contributed by atoms with E-state index in [0.29, 0.717) is 32.8 Å². The maximum Gasteiger partial charge on any atom is 0.324 e. The fraction of sp³-hybridized carbons (Fsp3) is 0.321. The molecule has 6 rings (SSSR count). The summed E-state index contributed by atoms with van der Waals surface area (Å²) < 4.78 is 89.9. The summed E-state index contributed by atoms with van der Waals surface area (Å²) >= 11 is 1.40. The zero-order valence-electron chi connectivity index (χ0n) is 29.9. The molecule has 4 heterocycles. The van der Waals surface area contributed by atoms with Gasteiger partial charge in [-0.1, -0.05) is 42.5 Å². The number of imidazole rings is 1. The lowest BCUT2D eigenvalue weighted by Crippen LogP contribution is -2.38. The molecule has 11 heteroatoms. The molecule has 3 aromatic heterocycles. The highest BCUT2D eigenvalue weighted by Crippen LogP contribution is 2.32. The third-order valence-electron chi connectivity index (χ3n) is 5.80. The number of benzene rings is 2. The first kappa shape index (κ1) is 16.9. The fourth-order valence-electron chi connectivity index (χ4n) is 3.86. The number of carbonyl (C=O) groups excluding carboxylic acids is 1. The molecular formula is C28H30N6O4S. The van der Waals surface area contributed by atoms with Crippen LogP contribution >= 0.6 is 11.3 Å². The Morgan fingerprint density at radius 2 is 2.00 bits per heavy atom. The maximum absolute atomic E-state index is 12.4. The van der Waals surface area contributed by atoms with Crippen molar-refractivity contribution in [3.8, 4) is 17.0 Å². The molecule has 0 saturated carbocycles. The molecule has 202 valence electrons. The van der Waals surface area contributed by atoms with Gasteiger partial charge in [0.1, 0.15) is 18.1 Å². The van der Waals surface area contributed by atoms with Crippen LogP contribution in [-0.2, 0) is 4.74 Å².